The molecule has 5 nitrogen and oxygen atoms in total. The van der Waals surface area contributed by atoms with E-state index >= 15 is 0 Å². The molecule has 1 fully saturated rings. The Kier molecular flexibility index (Phi) is 6.34. The van der Waals surface area contributed by atoms with Crippen LogP contribution in [0, 0.1) is 0 Å². The van der Waals surface area contributed by atoms with Gasteiger partial charge in [0.1, 0.15) is 0 Å². The molecule has 1 aromatic rings. The first-order valence-electron chi connectivity index (χ1n) is 7.73. The van der Waals surface area contributed by atoms with Crippen molar-refractivity contribution in [2.24, 2.45) is 0 Å². The number of morpholine rings is 1. The molecule has 0 bridgehead atoms. The van der Waals surface area contributed by atoms with Crippen molar-refractivity contribution >= 4 is 11.7 Å². The number of nitrogens with zero attached hydrogens (tertiary/aromatic N) is 1. The van der Waals surface area contributed by atoms with E-state index in [0.717, 1.165) is 32.5 Å². The van der Waals surface area contributed by atoms with Crippen LogP contribution in [0.4, 0.5) is 10.5 Å². The Morgan fingerprint density at radius 1 is 1.29 bits per heavy atom. The highest BCUT2D eigenvalue weighted by molar-refractivity contribution is 5.73. The maximum Gasteiger partial charge on any atom is 0.314 e. The van der Waals surface area contributed by atoms with Gasteiger partial charge in [0.2, 0.25) is 0 Å². The van der Waals surface area contributed by atoms with Gasteiger partial charge in [-0.3, -0.25) is 0 Å². The van der Waals surface area contributed by atoms with Crippen molar-refractivity contribution in [2.45, 2.75) is 25.9 Å². The van der Waals surface area contributed by atoms with Crippen LogP contribution in [0.1, 0.15) is 19.8 Å². The number of amides is 2. The Morgan fingerprint density at radius 3 is 2.81 bits per heavy atom. The van der Waals surface area contributed by atoms with Crippen LogP contribution in [0.3, 0.4) is 0 Å². The number of anilines is 1. The SMILES string of the molecule is CCCNC(=O)NCCC1CN(c2ccccc2)CCO1. The lowest BCUT2D eigenvalue weighted by Crippen LogP contribution is -2.44. The predicted octanol–water partition coefficient (Wildman–Crippen LogP) is 1.99. The number of para-hydroxylation sites is 1. The van der Waals surface area contributed by atoms with E-state index in [4.69, 9.17) is 4.74 Å². The van der Waals surface area contributed by atoms with Crippen molar-refractivity contribution in [1.82, 2.24) is 10.6 Å². The van der Waals surface area contributed by atoms with Crippen molar-refractivity contribution in [3.05, 3.63) is 30.3 Å². The van der Waals surface area contributed by atoms with Crippen LogP contribution in [0.5, 0.6) is 0 Å². The van der Waals surface area contributed by atoms with E-state index < -0.39 is 0 Å². The molecule has 2 N–H and O–H groups in total. The molecule has 5 heteroatoms. The molecule has 0 aliphatic carbocycles. The first kappa shape index (κ1) is 15.6. The van der Waals surface area contributed by atoms with Crippen molar-refractivity contribution in [1.29, 1.82) is 0 Å². The first-order valence-corrected chi connectivity index (χ1v) is 7.73. The smallest absolute Gasteiger partial charge is 0.314 e. The summed E-state index contributed by atoms with van der Waals surface area (Å²) in [7, 11) is 0. The monoisotopic (exact) mass is 291 g/mol. The Labute approximate surface area is 126 Å². The standard InChI is InChI=1S/C16H25N3O2/c1-2-9-17-16(20)18-10-8-15-13-19(11-12-21-15)14-6-4-3-5-7-14/h3-7,15H,2,8-13H2,1H3,(H2,17,18,20). The van der Waals surface area contributed by atoms with Gasteiger partial charge in [0.15, 0.2) is 0 Å². The average molecular weight is 291 g/mol. The summed E-state index contributed by atoms with van der Waals surface area (Å²) in [4.78, 5) is 13.8. The molecule has 1 aliphatic heterocycles. The van der Waals surface area contributed by atoms with Crippen molar-refractivity contribution in [3.8, 4) is 0 Å². The van der Waals surface area contributed by atoms with E-state index in [-0.39, 0.29) is 12.1 Å². The molecule has 0 radical (unpaired) electrons. The summed E-state index contributed by atoms with van der Waals surface area (Å²) in [5, 5.41) is 5.67. The fourth-order valence-corrected chi connectivity index (χ4v) is 2.42. The molecular formula is C16H25N3O2. The lowest BCUT2D eigenvalue weighted by Gasteiger charge is -2.34. The molecule has 0 saturated carbocycles. The summed E-state index contributed by atoms with van der Waals surface area (Å²) < 4.78 is 5.78. The molecule has 0 spiro atoms. The second kappa shape index (κ2) is 8.52. The molecule has 116 valence electrons. The van der Waals surface area contributed by atoms with Crippen LogP contribution < -0.4 is 15.5 Å². The van der Waals surface area contributed by atoms with Crippen molar-refractivity contribution in [3.63, 3.8) is 0 Å². The summed E-state index contributed by atoms with van der Waals surface area (Å²) in [6, 6.07) is 10.3. The predicted molar refractivity (Wildman–Crippen MR) is 84.7 cm³/mol. The highest BCUT2D eigenvalue weighted by atomic mass is 16.5. The number of rotatable bonds is 6. The highest BCUT2D eigenvalue weighted by Gasteiger charge is 2.20. The first-order chi connectivity index (χ1) is 10.3. The van der Waals surface area contributed by atoms with Gasteiger partial charge in [-0.05, 0) is 25.0 Å². The Balaban J connectivity index is 1.71. The second-order valence-corrected chi connectivity index (χ2v) is 5.25. The molecule has 1 aromatic carbocycles. The number of carbonyl (C=O) groups excluding carboxylic acids is 1. The largest absolute Gasteiger partial charge is 0.374 e. The fourth-order valence-electron chi connectivity index (χ4n) is 2.42. The van der Waals surface area contributed by atoms with Gasteiger partial charge in [-0.25, -0.2) is 4.79 Å². The Morgan fingerprint density at radius 2 is 2.05 bits per heavy atom. The normalized spacial score (nSPS) is 18.3. The third-order valence-electron chi connectivity index (χ3n) is 3.55. The Bertz CT molecular complexity index is 425. The highest BCUT2D eigenvalue weighted by Crippen LogP contribution is 2.17. The zero-order valence-corrected chi connectivity index (χ0v) is 12.7. The Hall–Kier alpha value is -1.75. The van der Waals surface area contributed by atoms with Crippen LogP contribution >= 0.6 is 0 Å². The minimum absolute atomic E-state index is 0.0902. The molecule has 2 rings (SSSR count). The van der Waals surface area contributed by atoms with Gasteiger partial charge >= 0.3 is 6.03 Å². The second-order valence-electron chi connectivity index (χ2n) is 5.25. The van der Waals surface area contributed by atoms with E-state index in [0.29, 0.717) is 13.1 Å². The van der Waals surface area contributed by atoms with Crippen LogP contribution in [0.2, 0.25) is 0 Å². The van der Waals surface area contributed by atoms with E-state index in [9.17, 15) is 4.79 Å². The average Bonchev–Trinajstić information content (AvgIpc) is 2.54. The molecule has 0 aromatic heterocycles. The molecule has 1 atom stereocenters. The topological polar surface area (TPSA) is 53.6 Å². The maximum absolute atomic E-state index is 11.5. The van der Waals surface area contributed by atoms with Gasteiger partial charge in [-0.2, -0.15) is 0 Å². The molecule has 1 unspecified atom stereocenters. The molecule has 1 heterocycles. The van der Waals surface area contributed by atoms with Crippen LogP contribution in [-0.4, -0.2) is 44.9 Å². The van der Waals surface area contributed by atoms with Crippen molar-refractivity contribution in [2.75, 3.05) is 37.7 Å². The minimum atomic E-state index is -0.0902. The van der Waals surface area contributed by atoms with Gasteiger partial charge in [-0.1, -0.05) is 25.1 Å². The lowest BCUT2D eigenvalue weighted by atomic mass is 10.2. The van der Waals surface area contributed by atoms with Crippen LogP contribution in [0.15, 0.2) is 30.3 Å². The molecular weight excluding hydrogens is 266 g/mol. The van der Waals surface area contributed by atoms with Gasteiger partial charge in [-0.15, -0.1) is 0 Å². The van der Waals surface area contributed by atoms with Crippen LogP contribution in [-0.2, 0) is 4.74 Å². The maximum atomic E-state index is 11.5. The fraction of sp³-hybridized carbons (Fsp3) is 0.562. The summed E-state index contributed by atoms with van der Waals surface area (Å²) in [5.41, 5.74) is 1.24. The number of hydrogen-bond donors (Lipinski definition) is 2. The molecule has 1 aliphatic rings. The summed E-state index contributed by atoms with van der Waals surface area (Å²) in [6.07, 6.45) is 1.96. The summed E-state index contributed by atoms with van der Waals surface area (Å²) in [6.45, 7) is 5.93. The molecule has 1 saturated heterocycles. The zero-order chi connectivity index (χ0) is 14.9. The lowest BCUT2D eigenvalue weighted by molar-refractivity contribution is 0.0359. The van der Waals surface area contributed by atoms with E-state index in [1.807, 2.05) is 13.0 Å². The summed E-state index contributed by atoms with van der Waals surface area (Å²) in [5.74, 6) is 0. The number of nitrogens with one attached hydrogen (secondary N) is 2. The minimum Gasteiger partial charge on any atom is -0.374 e. The van der Waals surface area contributed by atoms with E-state index in [1.165, 1.54) is 5.69 Å². The quantitative estimate of drug-likeness (QED) is 0.843. The number of ether oxygens (including phenoxy) is 1. The number of hydrogen-bond acceptors (Lipinski definition) is 3. The van der Waals surface area contributed by atoms with Gasteiger partial charge in [0.25, 0.3) is 0 Å². The van der Waals surface area contributed by atoms with Crippen molar-refractivity contribution < 1.29 is 9.53 Å². The third-order valence-corrected chi connectivity index (χ3v) is 3.55. The number of carbonyl (C=O) groups is 1. The number of benzene rings is 1. The number of urea groups is 1. The van der Waals surface area contributed by atoms with Gasteiger partial charge in [0.05, 0.1) is 12.7 Å². The van der Waals surface area contributed by atoms with E-state index in [2.05, 4.69) is 39.8 Å². The van der Waals surface area contributed by atoms with Gasteiger partial charge in [0, 0.05) is 31.9 Å². The van der Waals surface area contributed by atoms with Crippen LogP contribution in [0.25, 0.3) is 0 Å². The molecule has 2 amide bonds. The third kappa shape index (κ3) is 5.27. The van der Waals surface area contributed by atoms with E-state index in [1.54, 1.807) is 0 Å². The molecule has 21 heavy (non-hydrogen) atoms. The van der Waals surface area contributed by atoms with Gasteiger partial charge < -0.3 is 20.3 Å². The zero-order valence-electron chi connectivity index (χ0n) is 12.7. The summed E-state index contributed by atoms with van der Waals surface area (Å²) >= 11 is 0.